The van der Waals surface area contributed by atoms with Crippen LogP contribution in [0.5, 0.6) is 0 Å². The first-order valence-corrected chi connectivity index (χ1v) is 10.3. The van der Waals surface area contributed by atoms with Crippen LogP contribution in [-0.2, 0) is 16.6 Å². The number of aryl methyl sites for hydroxylation is 1. The molecule has 7 nitrogen and oxygen atoms in total. The largest absolute Gasteiger partial charge is 0.465 e. The number of pyridine rings is 1. The molecule has 1 amide bonds. The van der Waals surface area contributed by atoms with Gasteiger partial charge >= 0.3 is 12.1 Å². The van der Waals surface area contributed by atoms with Gasteiger partial charge in [0.1, 0.15) is 5.60 Å². The van der Waals surface area contributed by atoms with Crippen LogP contribution in [0.25, 0.3) is 10.9 Å². The highest BCUT2D eigenvalue weighted by molar-refractivity contribution is 5.86. The van der Waals surface area contributed by atoms with Gasteiger partial charge in [-0.25, -0.2) is 4.79 Å². The van der Waals surface area contributed by atoms with Crippen molar-refractivity contribution in [3.8, 4) is 0 Å². The Kier molecular flexibility index (Phi) is 5.67. The summed E-state index contributed by atoms with van der Waals surface area (Å²) in [5.41, 5.74) is -0.358. The molecule has 7 heteroatoms. The Morgan fingerprint density at radius 2 is 1.93 bits per heavy atom. The van der Waals surface area contributed by atoms with E-state index in [1.807, 2.05) is 31.2 Å². The molecule has 2 unspecified atom stereocenters. The lowest BCUT2D eigenvalue weighted by atomic mass is 9.65. The zero-order valence-electron chi connectivity index (χ0n) is 18.3. The highest BCUT2D eigenvalue weighted by Crippen LogP contribution is 2.48. The number of para-hydroxylation sites is 1. The number of carbonyl (C=O) groups excluding carboxylic acids is 1. The van der Waals surface area contributed by atoms with Crippen LogP contribution in [0.1, 0.15) is 52.0 Å². The average Bonchev–Trinajstić information content (AvgIpc) is 2.69. The van der Waals surface area contributed by atoms with Crippen molar-refractivity contribution in [1.82, 2.24) is 9.47 Å². The van der Waals surface area contributed by atoms with Crippen molar-refractivity contribution in [2.24, 2.45) is 12.5 Å². The van der Waals surface area contributed by atoms with E-state index in [1.165, 1.54) is 4.90 Å². The van der Waals surface area contributed by atoms with E-state index >= 15 is 0 Å². The third-order valence-corrected chi connectivity index (χ3v) is 6.10. The molecule has 162 valence electrons. The van der Waals surface area contributed by atoms with Gasteiger partial charge in [0, 0.05) is 37.5 Å². The van der Waals surface area contributed by atoms with E-state index in [0.717, 1.165) is 16.5 Å². The van der Waals surface area contributed by atoms with Crippen molar-refractivity contribution in [3.05, 3.63) is 46.2 Å². The summed E-state index contributed by atoms with van der Waals surface area (Å²) in [4.78, 5) is 39.2. The van der Waals surface area contributed by atoms with Gasteiger partial charge in [-0.1, -0.05) is 25.1 Å². The highest BCUT2D eigenvalue weighted by atomic mass is 16.6. The van der Waals surface area contributed by atoms with E-state index in [4.69, 9.17) is 4.74 Å². The zero-order valence-corrected chi connectivity index (χ0v) is 18.3. The number of likely N-dealkylation sites (tertiary alicyclic amines) is 1. The Balaban J connectivity index is 2.22. The van der Waals surface area contributed by atoms with E-state index in [2.05, 4.69) is 0 Å². The molecule has 30 heavy (non-hydrogen) atoms. The van der Waals surface area contributed by atoms with Gasteiger partial charge in [-0.05, 0) is 45.2 Å². The Labute approximate surface area is 176 Å². The number of piperidine rings is 1. The number of aromatic nitrogens is 1. The summed E-state index contributed by atoms with van der Waals surface area (Å²) in [5.74, 6) is -0.745. The maximum Gasteiger partial charge on any atom is 0.407 e. The van der Waals surface area contributed by atoms with E-state index in [-0.39, 0.29) is 18.0 Å². The van der Waals surface area contributed by atoms with Crippen molar-refractivity contribution < 1.29 is 19.4 Å². The van der Waals surface area contributed by atoms with Crippen molar-refractivity contribution in [3.63, 3.8) is 0 Å². The minimum atomic E-state index is -1.07. The maximum absolute atomic E-state index is 13.5. The summed E-state index contributed by atoms with van der Waals surface area (Å²) >= 11 is 0. The molecular weight excluding hydrogens is 384 g/mol. The molecule has 0 bridgehead atoms. The molecule has 0 spiro atoms. The number of hydrogen-bond acceptors (Lipinski definition) is 4. The zero-order chi connectivity index (χ0) is 22.3. The van der Waals surface area contributed by atoms with Gasteiger partial charge in [0.25, 0.3) is 5.56 Å². The van der Waals surface area contributed by atoms with Crippen molar-refractivity contribution in [1.29, 1.82) is 0 Å². The molecule has 0 aliphatic carbocycles. The van der Waals surface area contributed by atoms with Crippen LogP contribution in [0.3, 0.4) is 0 Å². The number of benzene rings is 1. The van der Waals surface area contributed by atoms with Crippen LogP contribution < -0.4 is 5.56 Å². The van der Waals surface area contributed by atoms with Gasteiger partial charge in [-0.15, -0.1) is 0 Å². The van der Waals surface area contributed by atoms with Crippen molar-refractivity contribution in [2.75, 3.05) is 13.1 Å². The molecule has 1 N–H and O–H groups in total. The third kappa shape index (κ3) is 3.80. The summed E-state index contributed by atoms with van der Waals surface area (Å²) in [6.45, 7) is 7.62. The van der Waals surface area contributed by atoms with Crippen LogP contribution in [0.2, 0.25) is 0 Å². The van der Waals surface area contributed by atoms with Gasteiger partial charge < -0.3 is 19.3 Å². The molecule has 3 rings (SSSR count). The van der Waals surface area contributed by atoms with Crippen LogP contribution in [0.4, 0.5) is 4.79 Å². The van der Waals surface area contributed by atoms with Gasteiger partial charge in [0.05, 0.1) is 10.9 Å². The fraction of sp³-hybridized carbons (Fsp3) is 0.522. The Morgan fingerprint density at radius 1 is 1.27 bits per heavy atom. The number of fused-ring (bicyclic) bond motifs is 1. The minimum absolute atomic E-state index is 0.0436. The lowest BCUT2D eigenvalue weighted by Crippen LogP contribution is -2.55. The fourth-order valence-corrected chi connectivity index (χ4v) is 4.52. The van der Waals surface area contributed by atoms with Gasteiger partial charge in [0.15, 0.2) is 0 Å². The molecule has 1 saturated heterocycles. The molecule has 2 heterocycles. The molecule has 1 aromatic heterocycles. The average molecular weight is 415 g/mol. The standard InChI is InChI=1S/C23H30N2O5/c1-6-23(20(27)30-22(2,3)4)14-25(21(28)29)12-11-17(23)16-13-19(26)24(5)18-10-8-7-9-15(16)18/h7-10,13,17H,6,11-12,14H2,1-5H3,(H,28,29). The first kappa shape index (κ1) is 21.9. The number of carbonyl (C=O) groups is 2. The normalized spacial score (nSPS) is 22.2. The van der Waals surface area contributed by atoms with Crippen LogP contribution in [0.15, 0.2) is 35.1 Å². The van der Waals surface area contributed by atoms with E-state index in [9.17, 15) is 19.5 Å². The molecule has 2 atom stereocenters. The summed E-state index contributed by atoms with van der Waals surface area (Å²) in [6.07, 6.45) is -0.208. The smallest absolute Gasteiger partial charge is 0.407 e. The van der Waals surface area contributed by atoms with E-state index in [1.54, 1.807) is 38.5 Å². The summed E-state index contributed by atoms with van der Waals surface area (Å²) in [5, 5.41) is 10.5. The van der Waals surface area contributed by atoms with Crippen LogP contribution >= 0.6 is 0 Å². The number of carboxylic acid groups (broad SMARTS) is 1. The highest BCUT2D eigenvalue weighted by Gasteiger charge is 2.52. The van der Waals surface area contributed by atoms with Crippen LogP contribution in [-0.4, -0.2) is 45.3 Å². The minimum Gasteiger partial charge on any atom is -0.465 e. The summed E-state index contributed by atoms with van der Waals surface area (Å²) in [6, 6.07) is 9.21. The summed E-state index contributed by atoms with van der Waals surface area (Å²) in [7, 11) is 1.72. The second kappa shape index (κ2) is 7.78. The SMILES string of the molecule is CCC1(C(=O)OC(C)(C)C)CN(C(=O)O)CCC1c1cc(=O)n(C)c2ccccc12. The molecule has 0 saturated carbocycles. The lowest BCUT2D eigenvalue weighted by molar-refractivity contribution is -0.172. The summed E-state index contributed by atoms with van der Waals surface area (Å²) < 4.78 is 7.37. The first-order valence-electron chi connectivity index (χ1n) is 10.3. The monoisotopic (exact) mass is 414 g/mol. The lowest BCUT2D eigenvalue weighted by Gasteiger charge is -2.46. The van der Waals surface area contributed by atoms with Crippen molar-refractivity contribution >= 4 is 23.0 Å². The third-order valence-electron chi connectivity index (χ3n) is 6.10. The molecule has 1 fully saturated rings. The maximum atomic E-state index is 13.5. The van der Waals surface area contributed by atoms with Crippen LogP contribution in [0, 0.1) is 5.41 Å². The fourth-order valence-electron chi connectivity index (χ4n) is 4.52. The van der Waals surface area contributed by atoms with Gasteiger partial charge in [-0.3, -0.25) is 9.59 Å². The number of ether oxygens (including phenoxy) is 1. The van der Waals surface area contributed by atoms with Gasteiger partial charge in [-0.2, -0.15) is 0 Å². The Morgan fingerprint density at radius 3 is 2.53 bits per heavy atom. The van der Waals surface area contributed by atoms with Gasteiger partial charge in [0.2, 0.25) is 0 Å². The number of rotatable bonds is 3. The predicted molar refractivity (Wildman–Crippen MR) is 115 cm³/mol. The molecule has 1 aliphatic rings. The predicted octanol–water partition coefficient (Wildman–Crippen LogP) is 3.74. The number of nitrogens with zero attached hydrogens (tertiary/aromatic N) is 2. The molecular formula is C23H30N2O5. The molecule has 2 aromatic rings. The quantitative estimate of drug-likeness (QED) is 0.773. The molecule has 0 radical (unpaired) electrons. The number of amides is 1. The first-order chi connectivity index (χ1) is 14.0. The number of esters is 1. The van der Waals surface area contributed by atoms with Crippen molar-refractivity contribution in [2.45, 2.75) is 52.1 Å². The number of hydrogen-bond donors (Lipinski definition) is 1. The topological polar surface area (TPSA) is 88.8 Å². The Bertz CT molecular complexity index is 1040. The molecule has 1 aliphatic heterocycles. The second-order valence-electron chi connectivity index (χ2n) is 9.07. The second-order valence-corrected chi connectivity index (χ2v) is 9.07. The molecule has 1 aromatic carbocycles. The van der Waals surface area contributed by atoms with E-state index < -0.39 is 23.1 Å². The van der Waals surface area contributed by atoms with E-state index in [0.29, 0.717) is 19.4 Å². The Hall–Kier alpha value is -2.83.